The second-order valence-electron chi connectivity index (χ2n) is 6.11. The molecule has 0 atom stereocenters. The fraction of sp³-hybridized carbons (Fsp3) is 0.300. The first-order chi connectivity index (χ1) is 12.1. The molecule has 5 nitrogen and oxygen atoms in total. The number of hydrogen-bond acceptors (Lipinski definition) is 2. The van der Waals surface area contributed by atoms with Crippen LogP contribution in [0.4, 0.5) is 5.69 Å². The van der Waals surface area contributed by atoms with Crippen LogP contribution in [0.25, 0.3) is 11.0 Å². The van der Waals surface area contributed by atoms with Crippen molar-refractivity contribution in [1.82, 2.24) is 9.13 Å². The van der Waals surface area contributed by atoms with E-state index in [2.05, 4.69) is 12.2 Å². The summed E-state index contributed by atoms with van der Waals surface area (Å²) in [6.45, 7) is 4.77. The Morgan fingerprint density at radius 3 is 2.20 bits per heavy atom. The molecule has 0 radical (unpaired) electrons. The largest absolute Gasteiger partial charge is 0.329 e. The molecule has 3 aromatic rings. The maximum absolute atomic E-state index is 12.7. The molecule has 3 rings (SSSR count). The maximum atomic E-state index is 12.7. The zero-order valence-corrected chi connectivity index (χ0v) is 14.7. The number of carbonyl (C=O) groups excluding carboxylic acids is 1. The van der Waals surface area contributed by atoms with Gasteiger partial charge in [-0.15, -0.1) is 0 Å². The zero-order valence-electron chi connectivity index (χ0n) is 14.7. The van der Waals surface area contributed by atoms with Crippen LogP contribution in [-0.2, 0) is 24.3 Å². The van der Waals surface area contributed by atoms with E-state index >= 15 is 0 Å². The number of rotatable bonds is 6. The van der Waals surface area contributed by atoms with E-state index in [1.54, 1.807) is 9.13 Å². The van der Waals surface area contributed by atoms with Crippen LogP contribution in [0.5, 0.6) is 0 Å². The highest BCUT2D eigenvalue weighted by molar-refractivity contribution is 5.91. The lowest BCUT2D eigenvalue weighted by molar-refractivity contribution is -0.116. The van der Waals surface area contributed by atoms with Crippen molar-refractivity contribution in [3.63, 3.8) is 0 Å². The number of aromatic nitrogens is 2. The van der Waals surface area contributed by atoms with Gasteiger partial charge in [0.05, 0.1) is 11.0 Å². The fourth-order valence-corrected chi connectivity index (χ4v) is 3.03. The van der Waals surface area contributed by atoms with Crippen LogP contribution in [0.1, 0.15) is 25.8 Å². The molecule has 0 aliphatic heterocycles. The van der Waals surface area contributed by atoms with Crippen molar-refractivity contribution in [3.8, 4) is 0 Å². The number of benzene rings is 2. The molecule has 25 heavy (non-hydrogen) atoms. The van der Waals surface area contributed by atoms with Crippen molar-refractivity contribution < 1.29 is 4.79 Å². The van der Waals surface area contributed by atoms with Gasteiger partial charge in [-0.3, -0.25) is 13.9 Å². The molecule has 2 aromatic carbocycles. The maximum Gasteiger partial charge on any atom is 0.329 e. The Balaban J connectivity index is 1.85. The molecule has 0 aliphatic rings. The number of para-hydroxylation sites is 2. The molecule has 130 valence electrons. The Kier molecular flexibility index (Phi) is 5.03. The van der Waals surface area contributed by atoms with Crippen LogP contribution in [0.3, 0.4) is 0 Å². The van der Waals surface area contributed by atoms with Crippen molar-refractivity contribution in [2.45, 2.75) is 39.8 Å². The van der Waals surface area contributed by atoms with E-state index in [0.717, 1.165) is 29.6 Å². The van der Waals surface area contributed by atoms with Gasteiger partial charge in [-0.1, -0.05) is 38.1 Å². The van der Waals surface area contributed by atoms with Gasteiger partial charge in [-0.2, -0.15) is 0 Å². The second kappa shape index (κ2) is 7.38. The number of carbonyl (C=O) groups is 1. The third kappa shape index (κ3) is 3.50. The molecule has 0 saturated carbocycles. The third-order valence-corrected chi connectivity index (χ3v) is 4.32. The first kappa shape index (κ1) is 17.0. The van der Waals surface area contributed by atoms with E-state index in [1.807, 2.05) is 55.5 Å². The molecular weight excluding hydrogens is 314 g/mol. The predicted octanol–water partition coefficient (Wildman–Crippen LogP) is 3.41. The summed E-state index contributed by atoms with van der Waals surface area (Å²) in [6, 6.07) is 15.4. The summed E-state index contributed by atoms with van der Waals surface area (Å²) in [5.74, 6) is -0.203. The summed E-state index contributed by atoms with van der Waals surface area (Å²) in [6.07, 6.45) is 1.82. The van der Waals surface area contributed by atoms with Crippen LogP contribution in [0.15, 0.2) is 53.3 Å². The van der Waals surface area contributed by atoms with Crippen molar-refractivity contribution in [1.29, 1.82) is 0 Å². The molecule has 1 heterocycles. The first-order valence-electron chi connectivity index (χ1n) is 8.71. The monoisotopic (exact) mass is 337 g/mol. The molecule has 1 amide bonds. The minimum atomic E-state index is -0.203. The third-order valence-electron chi connectivity index (χ3n) is 4.32. The minimum absolute atomic E-state index is 0.00555. The Morgan fingerprint density at radius 1 is 0.960 bits per heavy atom. The predicted molar refractivity (Wildman–Crippen MR) is 101 cm³/mol. The normalized spacial score (nSPS) is 11.0. The molecule has 0 spiro atoms. The molecule has 5 heteroatoms. The number of hydrogen-bond donors (Lipinski definition) is 1. The molecule has 1 aromatic heterocycles. The van der Waals surface area contributed by atoms with Crippen LogP contribution >= 0.6 is 0 Å². The van der Waals surface area contributed by atoms with E-state index in [9.17, 15) is 9.59 Å². The van der Waals surface area contributed by atoms with Crippen LogP contribution in [0, 0.1) is 0 Å². The van der Waals surface area contributed by atoms with Crippen LogP contribution in [-0.4, -0.2) is 15.0 Å². The first-order valence-corrected chi connectivity index (χ1v) is 8.71. The Morgan fingerprint density at radius 2 is 1.60 bits per heavy atom. The van der Waals surface area contributed by atoms with Gasteiger partial charge in [0.1, 0.15) is 6.54 Å². The molecular formula is C20H23N3O2. The smallest absolute Gasteiger partial charge is 0.325 e. The van der Waals surface area contributed by atoms with Gasteiger partial charge in [0.25, 0.3) is 0 Å². The number of imidazole rings is 1. The van der Waals surface area contributed by atoms with Crippen LogP contribution < -0.4 is 11.0 Å². The summed E-state index contributed by atoms with van der Waals surface area (Å²) in [7, 11) is 0. The van der Waals surface area contributed by atoms with E-state index in [0.29, 0.717) is 6.54 Å². The van der Waals surface area contributed by atoms with Crippen molar-refractivity contribution in [2.24, 2.45) is 0 Å². The van der Waals surface area contributed by atoms with Gasteiger partial charge in [0.15, 0.2) is 0 Å². The lowest BCUT2D eigenvalue weighted by Crippen LogP contribution is -2.29. The summed E-state index contributed by atoms with van der Waals surface area (Å²) in [4.78, 5) is 25.1. The highest BCUT2D eigenvalue weighted by Crippen LogP contribution is 2.14. The molecule has 0 aliphatic carbocycles. The molecule has 0 fully saturated rings. The summed E-state index contributed by atoms with van der Waals surface area (Å²) in [5.41, 5.74) is 3.48. The minimum Gasteiger partial charge on any atom is -0.325 e. The highest BCUT2D eigenvalue weighted by atomic mass is 16.2. The number of fused-ring (bicyclic) bond motifs is 1. The number of amides is 1. The van der Waals surface area contributed by atoms with Gasteiger partial charge in [0, 0.05) is 12.2 Å². The topological polar surface area (TPSA) is 56.0 Å². The quantitative estimate of drug-likeness (QED) is 0.749. The number of nitrogens with zero attached hydrogens (tertiary/aromatic N) is 2. The average Bonchev–Trinajstić information content (AvgIpc) is 2.89. The highest BCUT2D eigenvalue weighted by Gasteiger charge is 2.14. The number of nitrogens with one attached hydrogen (secondary N) is 1. The van der Waals surface area contributed by atoms with Crippen LogP contribution in [0.2, 0.25) is 0 Å². The second-order valence-corrected chi connectivity index (χ2v) is 6.11. The van der Waals surface area contributed by atoms with Gasteiger partial charge < -0.3 is 5.32 Å². The Labute approximate surface area is 146 Å². The fourth-order valence-electron chi connectivity index (χ4n) is 3.03. The van der Waals surface area contributed by atoms with Gasteiger partial charge in [-0.05, 0) is 42.7 Å². The summed E-state index contributed by atoms with van der Waals surface area (Å²) in [5, 5.41) is 2.87. The molecule has 1 N–H and O–H groups in total. The Bertz CT molecular complexity index is 936. The summed E-state index contributed by atoms with van der Waals surface area (Å²) < 4.78 is 3.28. The zero-order chi connectivity index (χ0) is 17.8. The number of anilines is 1. The standard InChI is InChI=1S/C20H23N3O2/c1-3-13-22-17-7-5-6-8-18(17)23(20(22)25)14-19(24)21-16-11-9-15(4-2)10-12-16/h5-12H,3-4,13-14H2,1-2H3,(H,21,24). The summed E-state index contributed by atoms with van der Waals surface area (Å²) >= 11 is 0. The number of aryl methyl sites for hydroxylation is 2. The average molecular weight is 337 g/mol. The van der Waals surface area contributed by atoms with Gasteiger partial charge in [-0.25, -0.2) is 4.79 Å². The van der Waals surface area contributed by atoms with Crippen molar-refractivity contribution in [2.75, 3.05) is 5.32 Å². The SMILES string of the molecule is CCCn1c(=O)n(CC(=O)Nc2ccc(CC)cc2)c2ccccc21. The molecule has 0 saturated heterocycles. The van der Waals surface area contributed by atoms with Gasteiger partial charge in [0.2, 0.25) is 5.91 Å². The van der Waals surface area contributed by atoms with E-state index < -0.39 is 0 Å². The molecule has 0 bridgehead atoms. The lowest BCUT2D eigenvalue weighted by atomic mass is 10.1. The van der Waals surface area contributed by atoms with E-state index in [1.165, 1.54) is 5.56 Å². The van der Waals surface area contributed by atoms with Gasteiger partial charge >= 0.3 is 5.69 Å². The van der Waals surface area contributed by atoms with Crippen molar-refractivity contribution >= 4 is 22.6 Å². The van der Waals surface area contributed by atoms with E-state index in [4.69, 9.17) is 0 Å². The van der Waals surface area contributed by atoms with Crippen molar-refractivity contribution in [3.05, 3.63) is 64.6 Å². The lowest BCUT2D eigenvalue weighted by Gasteiger charge is -2.07. The Hall–Kier alpha value is -2.82. The molecule has 0 unspecified atom stereocenters. The van der Waals surface area contributed by atoms with E-state index in [-0.39, 0.29) is 18.1 Å².